The Morgan fingerprint density at radius 3 is 2.35 bits per heavy atom. The van der Waals surface area contributed by atoms with Crippen LogP contribution in [0, 0.1) is 0 Å². The number of urea groups is 1. The van der Waals surface area contributed by atoms with Crippen LogP contribution in [0.15, 0.2) is 83.7 Å². The first kappa shape index (κ1) is 25.9. The molecule has 1 heterocycles. The van der Waals surface area contributed by atoms with Crippen LogP contribution in [-0.4, -0.2) is 33.6 Å². The average molecular weight is 499 g/mol. The van der Waals surface area contributed by atoms with Crippen molar-refractivity contribution < 1.29 is 9.53 Å². The third-order valence-electron chi connectivity index (χ3n) is 6.31. The van der Waals surface area contributed by atoms with Crippen LogP contribution in [-0.2, 0) is 0 Å². The van der Waals surface area contributed by atoms with E-state index in [1.54, 1.807) is 15.5 Å². The number of fused-ring (bicyclic) bond motifs is 1. The molecule has 1 N–H and O–H groups in total. The molecule has 0 saturated carbocycles. The number of hydrogen-bond acceptors (Lipinski definition) is 4. The summed E-state index contributed by atoms with van der Waals surface area (Å²) in [5.74, 6) is 1.27. The largest absolute Gasteiger partial charge is 0.494 e. The van der Waals surface area contributed by atoms with Gasteiger partial charge in [-0.2, -0.15) is 0 Å². The minimum Gasteiger partial charge on any atom is -0.494 e. The van der Waals surface area contributed by atoms with E-state index in [0.717, 1.165) is 24.3 Å². The summed E-state index contributed by atoms with van der Waals surface area (Å²) in [5, 5.41) is 3.55. The predicted molar refractivity (Wildman–Crippen MR) is 149 cm³/mol. The summed E-state index contributed by atoms with van der Waals surface area (Å²) < 4.78 is 7.24. The van der Waals surface area contributed by atoms with Crippen molar-refractivity contribution in [2.24, 2.45) is 0 Å². The van der Waals surface area contributed by atoms with Crippen LogP contribution in [0.4, 0.5) is 10.5 Å². The first-order valence-corrected chi connectivity index (χ1v) is 12.9. The molecular weight excluding hydrogens is 464 g/mol. The number of hydrogen-bond donors (Lipinski definition) is 1. The number of unbranched alkanes of at least 4 members (excludes halogenated alkanes) is 1. The molecule has 0 saturated heterocycles. The van der Waals surface area contributed by atoms with Gasteiger partial charge in [0.25, 0.3) is 5.56 Å². The summed E-state index contributed by atoms with van der Waals surface area (Å²) in [4.78, 5) is 34.2. The van der Waals surface area contributed by atoms with Crippen LogP contribution < -0.4 is 15.6 Å². The molecule has 4 aromatic rings. The molecule has 0 aliphatic carbocycles. The minimum atomic E-state index is -0.417. The summed E-state index contributed by atoms with van der Waals surface area (Å²) >= 11 is 0. The molecule has 0 aliphatic rings. The molecule has 2 amide bonds. The lowest BCUT2D eigenvalue weighted by atomic mass is 10.1. The Bertz CT molecular complexity index is 1380. The third-order valence-corrected chi connectivity index (χ3v) is 6.31. The Hall–Kier alpha value is -4.13. The molecule has 7 heteroatoms. The molecule has 192 valence electrons. The molecule has 3 aromatic carbocycles. The lowest BCUT2D eigenvalue weighted by Gasteiger charge is -2.32. The summed E-state index contributed by atoms with van der Waals surface area (Å²) in [6.45, 7) is 7.14. The second kappa shape index (κ2) is 12.2. The van der Waals surface area contributed by atoms with Gasteiger partial charge in [0, 0.05) is 12.2 Å². The van der Waals surface area contributed by atoms with Crippen LogP contribution in [0.5, 0.6) is 5.75 Å². The number of nitrogens with zero attached hydrogens (tertiary/aromatic N) is 3. The summed E-state index contributed by atoms with van der Waals surface area (Å²) in [6.07, 6.45) is 2.36. The standard InChI is InChI=1S/C30H34N4O3/c1-4-7-21-33(30(36)31-22-13-9-8-10-14-22)27(5-2)28-32-26-16-12-11-15-25(26)29(35)34(28)23-17-19-24(20-18-23)37-6-3/h8-20,27H,4-7,21H2,1-3H3,(H,31,36). The number of aromatic nitrogens is 2. The Morgan fingerprint density at radius 1 is 0.973 bits per heavy atom. The van der Waals surface area contributed by atoms with Crippen molar-refractivity contribution in [2.45, 2.75) is 46.1 Å². The third kappa shape index (κ3) is 5.82. The summed E-state index contributed by atoms with van der Waals surface area (Å²) in [5.41, 5.74) is 1.85. The number of carbonyl (C=O) groups excluding carboxylic acids is 1. The van der Waals surface area contributed by atoms with Crippen LogP contribution in [0.25, 0.3) is 16.6 Å². The van der Waals surface area contributed by atoms with E-state index in [2.05, 4.69) is 12.2 Å². The zero-order valence-corrected chi connectivity index (χ0v) is 21.7. The van der Waals surface area contributed by atoms with Crippen molar-refractivity contribution >= 4 is 22.6 Å². The number of nitrogens with one attached hydrogen (secondary N) is 1. The second-order valence-corrected chi connectivity index (χ2v) is 8.82. The topological polar surface area (TPSA) is 76.5 Å². The fraction of sp³-hybridized carbons (Fsp3) is 0.300. The van der Waals surface area contributed by atoms with Gasteiger partial charge in [0.15, 0.2) is 0 Å². The lowest BCUT2D eigenvalue weighted by Crippen LogP contribution is -2.41. The van der Waals surface area contributed by atoms with Crippen molar-refractivity contribution in [3.8, 4) is 11.4 Å². The van der Waals surface area contributed by atoms with Gasteiger partial charge >= 0.3 is 6.03 Å². The Morgan fingerprint density at radius 2 is 1.68 bits per heavy atom. The molecule has 1 unspecified atom stereocenters. The zero-order valence-electron chi connectivity index (χ0n) is 21.7. The molecule has 0 fully saturated rings. The van der Waals surface area contributed by atoms with Gasteiger partial charge in [0.05, 0.1) is 29.2 Å². The Kier molecular flexibility index (Phi) is 8.56. The van der Waals surface area contributed by atoms with E-state index < -0.39 is 6.04 Å². The highest BCUT2D eigenvalue weighted by atomic mass is 16.5. The van der Waals surface area contributed by atoms with Gasteiger partial charge in [-0.05, 0) is 68.3 Å². The van der Waals surface area contributed by atoms with E-state index in [-0.39, 0.29) is 11.6 Å². The monoisotopic (exact) mass is 498 g/mol. The van der Waals surface area contributed by atoms with E-state index in [0.29, 0.717) is 42.0 Å². The van der Waals surface area contributed by atoms with Gasteiger partial charge in [-0.15, -0.1) is 0 Å². The Labute approximate surface area is 217 Å². The summed E-state index contributed by atoms with van der Waals surface area (Å²) in [6, 6.07) is 23.5. The van der Waals surface area contributed by atoms with Gasteiger partial charge < -0.3 is 15.0 Å². The highest BCUT2D eigenvalue weighted by molar-refractivity contribution is 5.89. The van der Waals surface area contributed by atoms with Crippen LogP contribution in [0.2, 0.25) is 0 Å². The van der Waals surface area contributed by atoms with E-state index in [9.17, 15) is 9.59 Å². The van der Waals surface area contributed by atoms with E-state index in [1.807, 2.05) is 86.6 Å². The first-order chi connectivity index (χ1) is 18.1. The Balaban J connectivity index is 1.85. The number of ether oxygens (including phenoxy) is 1. The molecule has 37 heavy (non-hydrogen) atoms. The van der Waals surface area contributed by atoms with Crippen LogP contribution in [0.3, 0.4) is 0 Å². The molecule has 0 spiro atoms. The van der Waals surface area contributed by atoms with Crippen LogP contribution >= 0.6 is 0 Å². The second-order valence-electron chi connectivity index (χ2n) is 8.82. The molecule has 1 aromatic heterocycles. The molecule has 7 nitrogen and oxygen atoms in total. The minimum absolute atomic E-state index is 0.165. The first-order valence-electron chi connectivity index (χ1n) is 12.9. The number of carbonyl (C=O) groups is 1. The zero-order chi connectivity index (χ0) is 26.2. The molecule has 0 bridgehead atoms. The van der Waals surface area contributed by atoms with E-state index in [1.165, 1.54) is 0 Å². The van der Waals surface area contributed by atoms with E-state index >= 15 is 0 Å². The molecular formula is C30H34N4O3. The van der Waals surface area contributed by atoms with Gasteiger partial charge in [0.2, 0.25) is 0 Å². The number of rotatable bonds is 10. The highest BCUT2D eigenvalue weighted by Crippen LogP contribution is 2.28. The van der Waals surface area contributed by atoms with E-state index in [4.69, 9.17) is 9.72 Å². The van der Waals surface area contributed by atoms with Crippen molar-refractivity contribution in [2.75, 3.05) is 18.5 Å². The normalized spacial score (nSPS) is 11.8. The number of para-hydroxylation sites is 2. The predicted octanol–water partition coefficient (Wildman–Crippen LogP) is 6.57. The molecule has 0 aliphatic heterocycles. The quantitative estimate of drug-likeness (QED) is 0.268. The van der Waals surface area contributed by atoms with Crippen molar-refractivity contribution in [3.05, 3.63) is 95.0 Å². The smallest absolute Gasteiger partial charge is 0.322 e. The number of benzene rings is 3. The molecule has 1 atom stereocenters. The van der Waals surface area contributed by atoms with Gasteiger partial charge in [0.1, 0.15) is 11.6 Å². The fourth-order valence-electron chi connectivity index (χ4n) is 4.47. The van der Waals surface area contributed by atoms with Crippen molar-refractivity contribution in [1.29, 1.82) is 0 Å². The molecule has 0 radical (unpaired) electrons. The van der Waals surface area contributed by atoms with Crippen molar-refractivity contribution in [1.82, 2.24) is 14.5 Å². The van der Waals surface area contributed by atoms with Gasteiger partial charge in [-0.25, -0.2) is 9.78 Å². The highest BCUT2D eigenvalue weighted by Gasteiger charge is 2.29. The summed E-state index contributed by atoms with van der Waals surface area (Å²) in [7, 11) is 0. The van der Waals surface area contributed by atoms with Crippen LogP contribution in [0.1, 0.15) is 51.9 Å². The van der Waals surface area contributed by atoms with Gasteiger partial charge in [-0.1, -0.05) is 50.6 Å². The van der Waals surface area contributed by atoms with Crippen molar-refractivity contribution in [3.63, 3.8) is 0 Å². The maximum atomic E-state index is 13.9. The number of amides is 2. The maximum Gasteiger partial charge on any atom is 0.322 e. The van der Waals surface area contributed by atoms with Gasteiger partial charge in [-0.3, -0.25) is 9.36 Å². The molecule has 4 rings (SSSR count). The SMILES string of the molecule is CCCCN(C(=O)Nc1ccccc1)C(CC)c1nc2ccccc2c(=O)n1-c1ccc(OCC)cc1. The fourth-order valence-corrected chi connectivity index (χ4v) is 4.47. The number of anilines is 1. The maximum absolute atomic E-state index is 13.9. The lowest BCUT2D eigenvalue weighted by molar-refractivity contribution is 0.180. The average Bonchev–Trinajstić information content (AvgIpc) is 2.92.